The molecule has 0 saturated carbocycles. The van der Waals surface area contributed by atoms with Gasteiger partial charge in [-0.05, 0) is 0 Å². The maximum atomic E-state index is 12.3. The number of aromatic nitrogens is 2. The number of nitrogens with zero attached hydrogens (tertiary/aromatic N) is 3. The van der Waals surface area contributed by atoms with Crippen LogP contribution in [0.3, 0.4) is 0 Å². The molecule has 1 rings (SSSR count). The quantitative estimate of drug-likeness (QED) is 0.888. The van der Waals surface area contributed by atoms with Gasteiger partial charge >= 0.3 is 6.18 Å². The molecular formula is C9H14F3N3OS. The highest BCUT2D eigenvalue weighted by atomic mass is 32.1. The summed E-state index contributed by atoms with van der Waals surface area (Å²) in [7, 11) is 0. The number of hydrogen-bond donors (Lipinski definition) is 1. The van der Waals surface area contributed by atoms with E-state index in [1.165, 1.54) is 0 Å². The van der Waals surface area contributed by atoms with Crippen LogP contribution in [0.1, 0.15) is 25.6 Å². The number of halogens is 3. The van der Waals surface area contributed by atoms with E-state index in [0.29, 0.717) is 5.82 Å². The molecule has 1 aromatic heterocycles. The maximum Gasteiger partial charge on any atom is 0.406 e. The summed E-state index contributed by atoms with van der Waals surface area (Å²) in [4.78, 5) is 5.02. The Bertz CT molecular complexity index is 354. The molecule has 0 saturated heterocycles. The van der Waals surface area contributed by atoms with E-state index in [-0.39, 0.29) is 24.2 Å². The summed E-state index contributed by atoms with van der Waals surface area (Å²) in [5, 5.41) is 8.95. The molecule has 1 aromatic rings. The second-order valence-electron chi connectivity index (χ2n) is 3.85. The van der Waals surface area contributed by atoms with Crippen LogP contribution in [-0.2, 0) is 0 Å². The first-order valence-corrected chi connectivity index (χ1v) is 5.87. The van der Waals surface area contributed by atoms with Gasteiger partial charge in [0.05, 0.1) is 6.61 Å². The second kappa shape index (κ2) is 5.63. The lowest BCUT2D eigenvalue weighted by Gasteiger charge is -2.21. The Morgan fingerprint density at radius 1 is 1.41 bits per heavy atom. The fourth-order valence-electron chi connectivity index (χ4n) is 1.17. The smallest absolute Gasteiger partial charge is 0.395 e. The average Bonchev–Trinajstić information content (AvgIpc) is 2.63. The Morgan fingerprint density at radius 3 is 2.47 bits per heavy atom. The molecule has 0 bridgehead atoms. The van der Waals surface area contributed by atoms with Crippen LogP contribution < -0.4 is 4.90 Å². The Labute approximate surface area is 101 Å². The van der Waals surface area contributed by atoms with Gasteiger partial charge < -0.3 is 10.0 Å². The molecule has 4 nitrogen and oxygen atoms in total. The summed E-state index contributed by atoms with van der Waals surface area (Å²) in [5.74, 6) is 0.594. The van der Waals surface area contributed by atoms with Gasteiger partial charge in [-0.2, -0.15) is 17.5 Å². The molecule has 0 fully saturated rings. The summed E-state index contributed by atoms with van der Waals surface area (Å²) in [6, 6.07) is 0. The minimum absolute atomic E-state index is 0.0712. The Kier molecular flexibility index (Phi) is 4.70. The average molecular weight is 269 g/mol. The summed E-state index contributed by atoms with van der Waals surface area (Å²) in [6.07, 6.45) is -4.32. The number of hydrogen-bond acceptors (Lipinski definition) is 5. The number of alkyl halides is 3. The molecule has 1 heterocycles. The fourth-order valence-corrected chi connectivity index (χ4v) is 2.00. The largest absolute Gasteiger partial charge is 0.406 e. The van der Waals surface area contributed by atoms with E-state index in [1.54, 1.807) is 0 Å². The van der Waals surface area contributed by atoms with E-state index in [9.17, 15) is 13.2 Å². The van der Waals surface area contributed by atoms with E-state index in [1.807, 2.05) is 13.8 Å². The third-order valence-electron chi connectivity index (χ3n) is 1.96. The number of rotatable bonds is 5. The summed E-state index contributed by atoms with van der Waals surface area (Å²) in [6.45, 7) is 2.15. The predicted molar refractivity (Wildman–Crippen MR) is 59.4 cm³/mol. The lowest BCUT2D eigenvalue weighted by molar-refractivity contribution is -0.119. The molecule has 17 heavy (non-hydrogen) atoms. The molecule has 0 atom stereocenters. The lowest BCUT2D eigenvalue weighted by Crippen LogP contribution is -2.36. The number of aliphatic hydroxyl groups is 1. The minimum Gasteiger partial charge on any atom is -0.395 e. The first-order chi connectivity index (χ1) is 7.83. The van der Waals surface area contributed by atoms with Gasteiger partial charge in [0.15, 0.2) is 0 Å². The molecule has 0 aliphatic heterocycles. The maximum absolute atomic E-state index is 12.3. The van der Waals surface area contributed by atoms with E-state index in [0.717, 1.165) is 16.4 Å². The molecule has 1 N–H and O–H groups in total. The molecule has 0 radical (unpaired) electrons. The standard InChI is InChI=1S/C9H14F3N3OS/c1-6(2)7-13-8(17-14-7)15(3-4-16)5-9(10,11)12/h6,16H,3-5H2,1-2H3. The Balaban J connectivity index is 2.81. The topological polar surface area (TPSA) is 49.2 Å². The lowest BCUT2D eigenvalue weighted by atomic mass is 10.2. The zero-order valence-corrected chi connectivity index (χ0v) is 10.3. The van der Waals surface area contributed by atoms with Crippen LogP contribution in [0.4, 0.5) is 18.3 Å². The molecular weight excluding hydrogens is 255 g/mol. The van der Waals surface area contributed by atoms with Gasteiger partial charge in [-0.3, -0.25) is 0 Å². The fraction of sp³-hybridized carbons (Fsp3) is 0.778. The van der Waals surface area contributed by atoms with Crippen molar-refractivity contribution in [2.75, 3.05) is 24.6 Å². The zero-order valence-electron chi connectivity index (χ0n) is 9.53. The first-order valence-electron chi connectivity index (χ1n) is 5.09. The van der Waals surface area contributed by atoms with Crippen molar-refractivity contribution in [3.63, 3.8) is 0 Å². The number of anilines is 1. The first kappa shape index (κ1) is 14.2. The van der Waals surface area contributed by atoms with Crippen LogP contribution in [-0.4, -0.2) is 40.3 Å². The van der Waals surface area contributed by atoms with Crippen LogP contribution >= 0.6 is 11.5 Å². The number of aliphatic hydroxyl groups excluding tert-OH is 1. The van der Waals surface area contributed by atoms with Crippen molar-refractivity contribution in [3.8, 4) is 0 Å². The Morgan fingerprint density at radius 2 is 2.06 bits per heavy atom. The van der Waals surface area contributed by atoms with Gasteiger partial charge in [-0.1, -0.05) is 13.8 Å². The van der Waals surface area contributed by atoms with Crippen LogP contribution in [0, 0.1) is 0 Å². The molecule has 0 unspecified atom stereocenters. The van der Waals surface area contributed by atoms with Crippen molar-refractivity contribution in [3.05, 3.63) is 5.82 Å². The second-order valence-corrected chi connectivity index (χ2v) is 4.58. The van der Waals surface area contributed by atoms with Gasteiger partial charge in [0.25, 0.3) is 0 Å². The van der Waals surface area contributed by atoms with E-state index < -0.39 is 12.7 Å². The van der Waals surface area contributed by atoms with Crippen LogP contribution in [0.15, 0.2) is 0 Å². The molecule has 0 aliphatic rings. The monoisotopic (exact) mass is 269 g/mol. The van der Waals surface area contributed by atoms with Crippen molar-refractivity contribution >= 4 is 16.7 Å². The highest BCUT2D eigenvalue weighted by Gasteiger charge is 2.32. The third-order valence-corrected chi connectivity index (χ3v) is 2.75. The Hall–Kier alpha value is -0.890. The van der Waals surface area contributed by atoms with Gasteiger partial charge in [-0.25, -0.2) is 4.98 Å². The van der Waals surface area contributed by atoms with Crippen molar-refractivity contribution in [1.29, 1.82) is 0 Å². The summed E-state index contributed by atoms with van der Waals surface area (Å²) < 4.78 is 40.9. The molecule has 0 aliphatic carbocycles. The van der Waals surface area contributed by atoms with E-state index in [2.05, 4.69) is 9.36 Å². The normalized spacial score (nSPS) is 12.2. The van der Waals surface area contributed by atoms with Crippen LogP contribution in [0.25, 0.3) is 0 Å². The van der Waals surface area contributed by atoms with E-state index in [4.69, 9.17) is 5.11 Å². The highest BCUT2D eigenvalue weighted by molar-refractivity contribution is 7.09. The van der Waals surface area contributed by atoms with Gasteiger partial charge in [-0.15, -0.1) is 0 Å². The van der Waals surface area contributed by atoms with Crippen molar-refractivity contribution < 1.29 is 18.3 Å². The molecule has 98 valence electrons. The van der Waals surface area contributed by atoms with E-state index >= 15 is 0 Å². The van der Waals surface area contributed by atoms with Gasteiger partial charge in [0.1, 0.15) is 12.4 Å². The van der Waals surface area contributed by atoms with Gasteiger partial charge in [0.2, 0.25) is 5.13 Å². The zero-order chi connectivity index (χ0) is 13.1. The molecule has 8 heteroatoms. The summed E-state index contributed by atoms with van der Waals surface area (Å²) >= 11 is 0.920. The predicted octanol–water partition coefficient (Wildman–Crippen LogP) is 2.02. The minimum atomic E-state index is -4.32. The molecule has 0 spiro atoms. The van der Waals surface area contributed by atoms with Crippen LogP contribution in [0.2, 0.25) is 0 Å². The van der Waals surface area contributed by atoms with Crippen molar-refractivity contribution in [1.82, 2.24) is 9.36 Å². The SMILES string of the molecule is CC(C)c1nsc(N(CCO)CC(F)(F)F)n1. The third kappa shape index (κ3) is 4.47. The van der Waals surface area contributed by atoms with Gasteiger partial charge in [0, 0.05) is 24.0 Å². The molecule has 0 amide bonds. The molecule has 0 aromatic carbocycles. The van der Waals surface area contributed by atoms with Crippen molar-refractivity contribution in [2.45, 2.75) is 25.9 Å². The van der Waals surface area contributed by atoms with Crippen molar-refractivity contribution in [2.24, 2.45) is 0 Å². The summed E-state index contributed by atoms with van der Waals surface area (Å²) in [5.41, 5.74) is 0. The van der Waals surface area contributed by atoms with Crippen LogP contribution in [0.5, 0.6) is 0 Å². The highest BCUT2D eigenvalue weighted by Crippen LogP contribution is 2.25.